The summed E-state index contributed by atoms with van der Waals surface area (Å²) in [6.07, 6.45) is 6.40. The second-order valence-corrected chi connectivity index (χ2v) is 8.20. The smallest absolute Gasteiger partial charge is 0.355 e. The zero-order valence-electron chi connectivity index (χ0n) is 20.2. The highest BCUT2D eigenvalue weighted by Gasteiger charge is 2.27. The summed E-state index contributed by atoms with van der Waals surface area (Å²) in [5.74, 6) is -2.46. The molecule has 8 nitrogen and oxygen atoms in total. The number of carboxylic acids is 1. The van der Waals surface area contributed by atoms with Crippen molar-refractivity contribution in [3.8, 4) is 11.3 Å². The molecule has 8 heteroatoms. The SMILES string of the molecule is COC(=O)C1=C(C(=O)OC)N(c2cccc(-c3cc(C(=O)O)c4cc(C)cc(C)c4n3)c2)C=CC=C1. The molecule has 3 aromatic rings. The number of aromatic nitrogens is 1. The van der Waals surface area contributed by atoms with E-state index in [1.165, 1.54) is 25.2 Å². The Morgan fingerprint density at radius 3 is 2.39 bits per heavy atom. The van der Waals surface area contributed by atoms with Crippen LogP contribution in [-0.2, 0) is 19.1 Å². The minimum absolute atomic E-state index is 0.0180. The molecule has 1 aliphatic rings. The molecule has 0 fully saturated rings. The van der Waals surface area contributed by atoms with Crippen LogP contribution in [0.2, 0.25) is 0 Å². The Kier molecular flexibility index (Phi) is 6.69. The van der Waals surface area contributed by atoms with Crippen LogP contribution >= 0.6 is 0 Å². The molecule has 1 N–H and O–H groups in total. The molecule has 0 bridgehead atoms. The molecule has 0 radical (unpaired) electrons. The number of pyridine rings is 1. The van der Waals surface area contributed by atoms with Crippen LogP contribution in [0.4, 0.5) is 5.69 Å². The van der Waals surface area contributed by atoms with Crippen LogP contribution in [0.1, 0.15) is 21.5 Å². The summed E-state index contributed by atoms with van der Waals surface area (Å²) in [5.41, 5.74) is 4.20. The van der Waals surface area contributed by atoms with E-state index in [-0.39, 0.29) is 16.8 Å². The number of esters is 2. The lowest BCUT2D eigenvalue weighted by Gasteiger charge is -2.23. The summed E-state index contributed by atoms with van der Waals surface area (Å²) in [6, 6.07) is 12.4. The van der Waals surface area contributed by atoms with E-state index in [9.17, 15) is 19.5 Å². The average molecular weight is 485 g/mol. The second kappa shape index (κ2) is 9.87. The molecule has 1 aliphatic heterocycles. The van der Waals surface area contributed by atoms with Crippen LogP contribution in [0.25, 0.3) is 22.2 Å². The Bertz CT molecular complexity index is 1500. The number of anilines is 1. The molecule has 2 aromatic carbocycles. The van der Waals surface area contributed by atoms with Crippen LogP contribution in [0.15, 0.2) is 78.2 Å². The molecular weight excluding hydrogens is 460 g/mol. The predicted octanol–water partition coefficient (Wildman–Crippen LogP) is 4.71. The number of aromatic carboxylic acids is 1. The summed E-state index contributed by atoms with van der Waals surface area (Å²) >= 11 is 0. The molecule has 0 aliphatic carbocycles. The molecule has 0 atom stereocenters. The number of carbonyl (C=O) groups excluding carboxylic acids is 2. The average Bonchev–Trinajstić information content (AvgIpc) is 3.10. The van der Waals surface area contributed by atoms with Gasteiger partial charge in [0.1, 0.15) is 5.70 Å². The van der Waals surface area contributed by atoms with Crippen molar-refractivity contribution in [2.45, 2.75) is 13.8 Å². The molecule has 182 valence electrons. The van der Waals surface area contributed by atoms with Crippen molar-refractivity contribution in [1.29, 1.82) is 0 Å². The predicted molar refractivity (Wildman–Crippen MR) is 135 cm³/mol. The van der Waals surface area contributed by atoms with Gasteiger partial charge in [0, 0.05) is 22.8 Å². The van der Waals surface area contributed by atoms with E-state index >= 15 is 0 Å². The quantitative estimate of drug-likeness (QED) is 0.519. The number of fused-ring (bicyclic) bond motifs is 1. The van der Waals surface area contributed by atoms with Crippen LogP contribution in [0.3, 0.4) is 0 Å². The molecule has 0 saturated carbocycles. The number of carboxylic acid groups (broad SMARTS) is 1. The van der Waals surface area contributed by atoms with E-state index < -0.39 is 17.9 Å². The second-order valence-electron chi connectivity index (χ2n) is 8.20. The summed E-state index contributed by atoms with van der Waals surface area (Å²) in [6.45, 7) is 3.80. The Morgan fingerprint density at radius 1 is 0.944 bits per heavy atom. The fraction of sp³-hybridized carbons (Fsp3) is 0.143. The summed E-state index contributed by atoms with van der Waals surface area (Å²) < 4.78 is 9.83. The number of ether oxygens (including phenoxy) is 2. The highest BCUT2D eigenvalue weighted by atomic mass is 16.5. The first-order valence-corrected chi connectivity index (χ1v) is 11.1. The van der Waals surface area contributed by atoms with E-state index in [0.29, 0.717) is 27.8 Å². The maximum absolute atomic E-state index is 12.7. The van der Waals surface area contributed by atoms with E-state index in [1.54, 1.807) is 48.7 Å². The van der Waals surface area contributed by atoms with Crippen LogP contribution in [0, 0.1) is 13.8 Å². The van der Waals surface area contributed by atoms with Gasteiger partial charge >= 0.3 is 17.9 Å². The fourth-order valence-electron chi connectivity index (χ4n) is 4.19. The van der Waals surface area contributed by atoms with Crippen molar-refractivity contribution >= 4 is 34.5 Å². The van der Waals surface area contributed by atoms with Gasteiger partial charge in [-0.3, -0.25) is 0 Å². The molecule has 0 spiro atoms. The number of carbonyl (C=O) groups is 3. The lowest BCUT2D eigenvalue weighted by molar-refractivity contribution is -0.139. The third-order valence-corrected chi connectivity index (χ3v) is 5.79. The Balaban J connectivity index is 1.91. The first-order valence-electron chi connectivity index (χ1n) is 11.1. The molecule has 0 amide bonds. The number of hydrogen-bond donors (Lipinski definition) is 1. The molecule has 36 heavy (non-hydrogen) atoms. The zero-order chi connectivity index (χ0) is 26.0. The number of rotatable bonds is 5. The molecule has 1 aromatic heterocycles. The normalized spacial score (nSPS) is 13.1. The molecule has 0 saturated heterocycles. The third kappa shape index (κ3) is 4.48. The number of aryl methyl sites for hydroxylation is 2. The maximum atomic E-state index is 12.7. The van der Waals surface area contributed by atoms with Crippen LogP contribution < -0.4 is 4.90 Å². The largest absolute Gasteiger partial charge is 0.478 e. The zero-order valence-corrected chi connectivity index (χ0v) is 20.2. The Labute approximate surface area is 207 Å². The first-order chi connectivity index (χ1) is 17.2. The van der Waals surface area contributed by atoms with Gasteiger partial charge in [-0.25, -0.2) is 19.4 Å². The van der Waals surface area contributed by atoms with Gasteiger partial charge in [-0.1, -0.05) is 29.8 Å². The number of nitrogens with zero attached hydrogens (tertiary/aromatic N) is 2. The fourth-order valence-corrected chi connectivity index (χ4v) is 4.19. The minimum Gasteiger partial charge on any atom is -0.478 e. The highest BCUT2D eigenvalue weighted by Crippen LogP contribution is 2.32. The van der Waals surface area contributed by atoms with E-state index in [4.69, 9.17) is 14.5 Å². The number of hydrogen-bond acceptors (Lipinski definition) is 7. The van der Waals surface area contributed by atoms with Crippen LogP contribution in [-0.4, -0.2) is 42.2 Å². The van der Waals surface area contributed by atoms with E-state index in [0.717, 1.165) is 11.1 Å². The third-order valence-electron chi connectivity index (χ3n) is 5.79. The van der Waals surface area contributed by atoms with Crippen molar-refractivity contribution in [2.75, 3.05) is 19.1 Å². The van der Waals surface area contributed by atoms with Gasteiger partial charge in [0.05, 0.1) is 36.6 Å². The van der Waals surface area contributed by atoms with Crippen molar-refractivity contribution in [3.05, 3.63) is 94.9 Å². The van der Waals surface area contributed by atoms with Gasteiger partial charge in [-0.15, -0.1) is 0 Å². The van der Waals surface area contributed by atoms with Crippen molar-refractivity contribution in [2.24, 2.45) is 0 Å². The van der Waals surface area contributed by atoms with Crippen molar-refractivity contribution in [3.63, 3.8) is 0 Å². The molecule has 0 unspecified atom stereocenters. The first kappa shape index (κ1) is 24.4. The Hall–Kier alpha value is -4.72. The highest BCUT2D eigenvalue weighted by molar-refractivity contribution is 6.06. The van der Waals surface area contributed by atoms with E-state index in [2.05, 4.69) is 0 Å². The minimum atomic E-state index is -1.05. The van der Waals surface area contributed by atoms with Crippen LogP contribution in [0.5, 0.6) is 0 Å². The molecule has 4 rings (SSSR count). The topological polar surface area (TPSA) is 106 Å². The summed E-state index contributed by atoms with van der Waals surface area (Å²) in [7, 11) is 2.46. The van der Waals surface area contributed by atoms with Gasteiger partial charge in [0.2, 0.25) is 0 Å². The van der Waals surface area contributed by atoms with Gasteiger partial charge in [0.25, 0.3) is 0 Å². The Morgan fingerprint density at radius 2 is 1.69 bits per heavy atom. The molecule has 2 heterocycles. The lowest BCUT2D eigenvalue weighted by atomic mass is 9.99. The van der Waals surface area contributed by atoms with Gasteiger partial charge in [-0.2, -0.15) is 0 Å². The maximum Gasteiger partial charge on any atom is 0.355 e. The standard InChI is InChI=1S/C28H24N2O6/c1-16-12-17(2)24-21(13-16)22(26(31)32)15-23(29-24)18-8-7-9-19(14-18)30-11-6-5-10-20(27(33)35-3)25(30)28(34)36-4/h5-15H,1-4H3,(H,31,32). The lowest BCUT2D eigenvalue weighted by Crippen LogP contribution is -2.26. The van der Waals surface area contributed by atoms with Crippen molar-refractivity contribution < 1.29 is 29.0 Å². The van der Waals surface area contributed by atoms with Crippen molar-refractivity contribution in [1.82, 2.24) is 4.98 Å². The number of allylic oxidation sites excluding steroid dienone is 2. The van der Waals surface area contributed by atoms with Gasteiger partial charge in [-0.05, 0) is 55.8 Å². The van der Waals surface area contributed by atoms with Gasteiger partial charge < -0.3 is 19.5 Å². The van der Waals surface area contributed by atoms with E-state index in [1.807, 2.05) is 26.0 Å². The monoisotopic (exact) mass is 484 g/mol. The molecular formula is C28H24N2O6. The summed E-state index contributed by atoms with van der Waals surface area (Å²) in [4.78, 5) is 43.6. The summed E-state index contributed by atoms with van der Waals surface area (Å²) in [5, 5.41) is 10.5. The van der Waals surface area contributed by atoms with Gasteiger partial charge in [0.15, 0.2) is 0 Å². The number of benzene rings is 2. The number of methoxy groups -OCH3 is 2.